The zero-order valence-electron chi connectivity index (χ0n) is 12.2. The summed E-state index contributed by atoms with van der Waals surface area (Å²) in [4.78, 5) is 10.2. The molecule has 0 spiro atoms. The lowest BCUT2D eigenvalue weighted by Crippen LogP contribution is -2.40. The Morgan fingerprint density at radius 1 is 1.32 bits per heavy atom. The molecule has 0 atom stereocenters. The Hall–Kier alpha value is -1.61. The van der Waals surface area contributed by atoms with Crippen LogP contribution in [0.3, 0.4) is 0 Å². The first kappa shape index (κ1) is 18.4. The van der Waals surface area contributed by atoms with Crippen LogP contribution in [0.4, 0.5) is 13.2 Å². The van der Waals surface area contributed by atoms with Crippen molar-refractivity contribution in [3.05, 3.63) is 29.3 Å². The zero-order chi connectivity index (χ0) is 17.3. The molecule has 9 heteroatoms. The summed E-state index contributed by atoms with van der Waals surface area (Å²) in [6, 6.07) is 1.91. The highest BCUT2D eigenvalue weighted by molar-refractivity contribution is 7.89. The molecule has 1 N–H and O–H groups in total. The third-order valence-corrected chi connectivity index (χ3v) is 5.01. The van der Waals surface area contributed by atoms with Crippen molar-refractivity contribution < 1.29 is 31.5 Å². The van der Waals surface area contributed by atoms with E-state index in [9.17, 15) is 26.4 Å². The Labute approximate surface area is 126 Å². The summed E-state index contributed by atoms with van der Waals surface area (Å²) in [6.07, 6.45) is -4.69. The van der Waals surface area contributed by atoms with Crippen LogP contribution >= 0.6 is 0 Å². The van der Waals surface area contributed by atoms with Gasteiger partial charge in [0.1, 0.15) is 6.54 Å². The SMILES string of the molecule is Cc1ccc(S(=O)(=O)N(CC(=O)O)C(C)C)cc1C(F)(F)F. The number of benzene rings is 1. The van der Waals surface area contributed by atoms with Crippen LogP contribution in [0.25, 0.3) is 0 Å². The maximum absolute atomic E-state index is 12.9. The number of halogens is 3. The summed E-state index contributed by atoms with van der Waals surface area (Å²) in [5, 5.41) is 8.78. The standard InChI is InChI=1S/C13H16F3NO4S/c1-8(2)17(7-12(18)19)22(20,21)10-5-4-9(3)11(6-10)13(14,15)16/h4-6,8H,7H2,1-3H3,(H,18,19). The third kappa shape index (κ3) is 3.98. The number of aryl methyl sites for hydroxylation is 1. The lowest BCUT2D eigenvalue weighted by Gasteiger charge is -2.24. The van der Waals surface area contributed by atoms with Crippen molar-refractivity contribution in [2.75, 3.05) is 6.54 Å². The molecule has 5 nitrogen and oxygen atoms in total. The van der Waals surface area contributed by atoms with E-state index in [2.05, 4.69) is 0 Å². The minimum Gasteiger partial charge on any atom is -0.480 e. The van der Waals surface area contributed by atoms with Crippen LogP contribution in [0.2, 0.25) is 0 Å². The van der Waals surface area contributed by atoms with Crippen molar-refractivity contribution >= 4 is 16.0 Å². The number of alkyl halides is 3. The largest absolute Gasteiger partial charge is 0.480 e. The van der Waals surface area contributed by atoms with Crippen LogP contribution in [0.15, 0.2) is 23.1 Å². The fraction of sp³-hybridized carbons (Fsp3) is 0.462. The van der Waals surface area contributed by atoms with Crippen LogP contribution in [0.5, 0.6) is 0 Å². The summed E-state index contributed by atoms with van der Waals surface area (Å²) < 4.78 is 64.1. The number of hydrogen-bond donors (Lipinski definition) is 1. The van der Waals surface area contributed by atoms with Crippen molar-refractivity contribution in [3.63, 3.8) is 0 Å². The van der Waals surface area contributed by atoms with Gasteiger partial charge in [-0.1, -0.05) is 6.07 Å². The zero-order valence-corrected chi connectivity index (χ0v) is 13.0. The fourth-order valence-corrected chi connectivity index (χ4v) is 3.49. The Balaban J connectivity index is 3.42. The smallest absolute Gasteiger partial charge is 0.416 e. The molecule has 1 rings (SSSR count). The molecule has 0 aliphatic rings. The van der Waals surface area contributed by atoms with Crippen LogP contribution in [-0.2, 0) is 21.0 Å². The molecule has 0 heterocycles. The van der Waals surface area contributed by atoms with Gasteiger partial charge in [-0.25, -0.2) is 8.42 Å². The maximum atomic E-state index is 12.9. The van der Waals surface area contributed by atoms with E-state index in [1.54, 1.807) is 0 Å². The molecule has 0 saturated carbocycles. The van der Waals surface area contributed by atoms with E-state index in [0.717, 1.165) is 12.1 Å². The van der Waals surface area contributed by atoms with Crippen LogP contribution in [-0.4, -0.2) is 36.4 Å². The Morgan fingerprint density at radius 3 is 2.27 bits per heavy atom. The molecule has 0 saturated heterocycles. The number of carbonyl (C=O) groups is 1. The number of sulfonamides is 1. The second-order valence-corrected chi connectivity index (χ2v) is 6.90. The quantitative estimate of drug-likeness (QED) is 0.894. The van der Waals surface area contributed by atoms with Gasteiger partial charge in [0.25, 0.3) is 0 Å². The summed E-state index contributed by atoms with van der Waals surface area (Å²) >= 11 is 0. The summed E-state index contributed by atoms with van der Waals surface area (Å²) in [5.74, 6) is -1.39. The molecule has 22 heavy (non-hydrogen) atoms. The molecule has 1 aromatic rings. The lowest BCUT2D eigenvalue weighted by molar-refractivity contribution is -0.139. The lowest BCUT2D eigenvalue weighted by atomic mass is 10.1. The average Bonchev–Trinajstić information content (AvgIpc) is 2.34. The summed E-state index contributed by atoms with van der Waals surface area (Å²) in [5.41, 5.74) is -1.17. The number of aliphatic carboxylic acids is 1. The monoisotopic (exact) mass is 339 g/mol. The second-order valence-electron chi connectivity index (χ2n) is 5.01. The van der Waals surface area contributed by atoms with Gasteiger partial charge in [-0.3, -0.25) is 4.79 Å². The van der Waals surface area contributed by atoms with E-state index >= 15 is 0 Å². The van der Waals surface area contributed by atoms with E-state index in [0.29, 0.717) is 10.4 Å². The molecule has 0 aromatic heterocycles. The second kappa shape index (κ2) is 6.25. The van der Waals surface area contributed by atoms with Gasteiger partial charge in [0, 0.05) is 6.04 Å². The van der Waals surface area contributed by atoms with Crippen LogP contribution in [0, 0.1) is 6.92 Å². The molecular formula is C13H16F3NO4S. The molecule has 0 aliphatic heterocycles. The van der Waals surface area contributed by atoms with E-state index in [-0.39, 0.29) is 5.56 Å². The molecule has 0 aliphatic carbocycles. The number of nitrogens with zero attached hydrogens (tertiary/aromatic N) is 1. The fourth-order valence-electron chi connectivity index (χ4n) is 1.88. The van der Waals surface area contributed by atoms with Gasteiger partial charge < -0.3 is 5.11 Å². The summed E-state index contributed by atoms with van der Waals surface area (Å²) in [6.45, 7) is 3.28. The molecule has 0 unspecified atom stereocenters. The highest BCUT2D eigenvalue weighted by atomic mass is 32.2. The van der Waals surface area contributed by atoms with Gasteiger partial charge in [-0.15, -0.1) is 0 Å². The first-order chi connectivity index (χ1) is 9.87. The Bertz CT molecular complexity index is 668. The molecule has 0 radical (unpaired) electrons. The van der Waals surface area contributed by atoms with E-state index in [4.69, 9.17) is 5.11 Å². The maximum Gasteiger partial charge on any atom is 0.416 e. The highest BCUT2D eigenvalue weighted by Crippen LogP contribution is 2.34. The normalized spacial score (nSPS) is 12.9. The molecule has 0 bridgehead atoms. The van der Waals surface area contributed by atoms with Gasteiger partial charge in [0.2, 0.25) is 10.0 Å². The minimum absolute atomic E-state index is 0.110. The van der Waals surface area contributed by atoms with Gasteiger partial charge in [-0.05, 0) is 38.5 Å². The van der Waals surface area contributed by atoms with Crippen molar-refractivity contribution in [1.82, 2.24) is 4.31 Å². The average molecular weight is 339 g/mol. The van der Waals surface area contributed by atoms with Gasteiger partial charge in [0.15, 0.2) is 0 Å². The minimum atomic E-state index is -4.69. The Kier molecular flexibility index (Phi) is 5.24. The van der Waals surface area contributed by atoms with Crippen molar-refractivity contribution in [1.29, 1.82) is 0 Å². The molecular weight excluding hydrogens is 323 g/mol. The molecule has 0 fully saturated rings. The predicted molar refractivity (Wildman–Crippen MR) is 72.8 cm³/mol. The van der Waals surface area contributed by atoms with Crippen molar-refractivity contribution in [2.45, 2.75) is 37.9 Å². The Morgan fingerprint density at radius 2 is 1.86 bits per heavy atom. The van der Waals surface area contributed by atoms with E-state index in [1.807, 2.05) is 0 Å². The number of carboxylic acid groups (broad SMARTS) is 1. The topological polar surface area (TPSA) is 74.7 Å². The highest BCUT2D eigenvalue weighted by Gasteiger charge is 2.35. The predicted octanol–water partition coefficient (Wildman–Crippen LogP) is 2.50. The first-order valence-corrected chi connectivity index (χ1v) is 7.73. The van der Waals surface area contributed by atoms with Crippen LogP contribution < -0.4 is 0 Å². The van der Waals surface area contributed by atoms with Gasteiger partial charge in [-0.2, -0.15) is 17.5 Å². The number of rotatable bonds is 5. The van der Waals surface area contributed by atoms with E-state index < -0.39 is 45.2 Å². The van der Waals surface area contributed by atoms with E-state index in [1.165, 1.54) is 20.8 Å². The van der Waals surface area contributed by atoms with Crippen molar-refractivity contribution in [2.24, 2.45) is 0 Å². The third-order valence-electron chi connectivity index (χ3n) is 2.99. The molecule has 124 valence electrons. The number of hydrogen-bond acceptors (Lipinski definition) is 3. The molecule has 0 amide bonds. The first-order valence-electron chi connectivity index (χ1n) is 6.29. The number of carboxylic acids is 1. The van der Waals surface area contributed by atoms with Gasteiger partial charge in [0.05, 0.1) is 10.5 Å². The summed E-state index contributed by atoms with van der Waals surface area (Å²) in [7, 11) is -4.34. The van der Waals surface area contributed by atoms with Gasteiger partial charge >= 0.3 is 12.1 Å². The van der Waals surface area contributed by atoms with Crippen molar-refractivity contribution in [3.8, 4) is 0 Å². The molecule has 1 aromatic carbocycles. The van der Waals surface area contributed by atoms with Crippen LogP contribution in [0.1, 0.15) is 25.0 Å².